The smallest absolute Gasteiger partial charge is 0.317 e. The van der Waals surface area contributed by atoms with Crippen molar-refractivity contribution in [3.63, 3.8) is 0 Å². The van der Waals surface area contributed by atoms with Gasteiger partial charge in [0.2, 0.25) is 10.0 Å². The van der Waals surface area contributed by atoms with Crippen LogP contribution >= 0.6 is 0 Å². The van der Waals surface area contributed by atoms with Crippen LogP contribution in [0.25, 0.3) is 0 Å². The van der Waals surface area contributed by atoms with E-state index < -0.39 is 22.0 Å². The summed E-state index contributed by atoms with van der Waals surface area (Å²) >= 11 is 0. The quantitative estimate of drug-likeness (QED) is 0.746. The van der Waals surface area contributed by atoms with Gasteiger partial charge in [-0.3, -0.25) is 14.4 Å². The van der Waals surface area contributed by atoms with E-state index in [1.807, 2.05) is 0 Å². The minimum absolute atomic E-state index is 0.0522. The van der Waals surface area contributed by atoms with Crippen molar-refractivity contribution in [1.29, 1.82) is 0 Å². The summed E-state index contributed by atoms with van der Waals surface area (Å²) in [5.74, 6) is -0.961. The number of aryl methyl sites for hydroxylation is 2. The Balaban J connectivity index is 1.93. The average Bonchev–Trinajstić information content (AvgIpc) is 2.62. The average molecular weight is 358 g/mol. The van der Waals surface area contributed by atoms with E-state index >= 15 is 0 Å². The molecule has 0 aromatic carbocycles. The Morgan fingerprint density at radius 3 is 2.75 bits per heavy atom. The number of carboxylic acids is 1. The van der Waals surface area contributed by atoms with E-state index in [4.69, 9.17) is 9.84 Å². The monoisotopic (exact) mass is 358 g/mol. The first-order valence-corrected chi connectivity index (χ1v) is 9.25. The molecule has 0 spiro atoms. The first-order valence-electron chi connectivity index (χ1n) is 7.81. The SMILES string of the molecule is Cc1nn(C)cc1S(=O)(=O)N1C[C@H]2COC[C@@H]1CN(CC(=O)O)C2. The highest BCUT2D eigenvalue weighted by molar-refractivity contribution is 7.89. The highest BCUT2D eigenvalue weighted by Gasteiger charge is 2.41. The van der Waals surface area contributed by atoms with Crippen molar-refractivity contribution in [2.75, 3.05) is 39.4 Å². The fourth-order valence-electron chi connectivity index (χ4n) is 3.47. The lowest BCUT2D eigenvalue weighted by Crippen LogP contribution is -2.47. The lowest BCUT2D eigenvalue weighted by molar-refractivity contribution is -0.138. The number of sulfonamides is 1. The molecule has 2 aliphatic rings. The van der Waals surface area contributed by atoms with Crippen LogP contribution in [-0.2, 0) is 26.6 Å². The Kier molecular flexibility index (Phi) is 4.65. The third kappa shape index (κ3) is 3.32. The van der Waals surface area contributed by atoms with E-state index in [-0.39, 0.29) is 24.0 Å². The first kappa shape index (κ1) is 17.3. The van der Waals surface area contributed by atoms with E-state index in [0.29, 0.717) is 31.9 Å². The minimum atomic E-state index is -3.71. The van der Waals surface area contributed by atoms with E-state index in [2.05, 4.69) is 5.10 Å². The van der Waals surface area contributed by atoms with Crippen molar-refractivity contribution in [3.8, 4) is 0 Å². The molecule has 3 heterocycles. The van der Waals surface area contributed by atoms with Crippen LogP contribution in [0.2, 0.25) is 0 Å². The zero-order chi connectivity index (χ0) is 17.5. The molecule has 10 heteroatoms. The summed E-state index contributed by atoms with van der Waals surface area (Å²) in [6.45, 7) is 3.48. The summed E-state index contributed by atoms with van der Waals surface area (Å²) in [5, 5.41) is 13.2. The Bertz CT molecular complexity index is 732. The number of carbonyl (C=O) groups is 1. The van der Waals surface area contributed by atoms with Crippen LogP contribution in [0.4, 0.5) is 0 Å². The van der Waals surface area contributed by atoms with Crippen molar-refractivity contribution in [2.24, 2.45) is 13.0 Å². The Morgan fingerprint density at radius 2 is 2.12 bits per heavy atom. The van der Waals surface area contributed by atoms with Crippen molar-refractivity contribution >= 4 is 16.0 Å². The fourth-order valence-corrected chi connectivity index (χ4v) is 5.35. The number of hydrogen-bond acceptors (Lipinski definition) is 6. The third-order valence-corrected chi connectivity index (χ3v) is 6.43. The summed E-state index contributed by atoms with van der Waals surface area (Å²) in [5.41, 5.74) is 0.458. The third-order valence-electron chi connectivity index (χ3n) is 4.41. The largest absolute Gasteiger partial charge is 0.480 e. The number of ether oxygens (including phenoxy) is 1. The Hall–Kier alpha value is -1.49. The van der Waals surface area contributed by atoms with Gasteiger partial charge in [-0.05, 0) is 6.92 Å². The second-order valence-electron chi connectivity index (χ2n) is 6.47. The minimum Gasteiger partial charge on any atom is -0.480 e. The van der Waals surface area contributed by atoms with Gasteiger partial charge in [-0.2, -0.15) is 9.40 Å². The summed E-state index contributed by atoms with van der Waals surface area (Å²) in [6, 6.07) is -0.401. The van der Waals surface area contributed by atoms with E-state index in [1.54, 1.807) is 18.9 Å². The number of fused-ring (bicyclic) bond motifs is 3. The lowest BCUT2D eigenvalue weighted by Gasteiger charge is -2.29. The molecule has 9 nitrogen and oxygen atoms in total. The van der Waals surface area contributed by atoms with Crippen LogP contribution in [0.3, 0.4) is 0 Å². The normalized spacial score (nSPS) is 26.2. The lowest BCUT2D eigenvalue weighted by atomic mass is 10.1. The van der Waals surface area contributed by atoms with E-state index in [9.17, 15) is 13.2 Å². The molecule has 1 aromatic rings. The van der Waals surface area contributed by atoms with Gasteiger partial charge in [0.05, 0.1) is 31.5 Å². The second kappa shape index (κ2) is 6.43. The van der Waals surface area contributed by atoms with Gasteiger partial charge < -0.3 is 9.84 Å². The molecule has 2 fully saturated rings. The number of carboxylic acid groups (broad SMARTS) is 1. The molecule has 24 heavy (non-hydrogen) atoms. The molecular formula is C14H22N4O5S. The molecule has 1 aromatic heterocycles. The summed E-state index contributed by atoms with van der Waals surface area (Å²) in [6.07, 6.45) is 1.51. The molecular weight excluding hydrogens is 336 g/mol. The predicted molar refractivity (Wildman–Crippen MR) is 84.0 cm³/mol. The summed E-state index contributed by atoms with van der Waals surface area (Å²) in [7, 11) is -2.02. The number of hydrogen-bond donors (Lipinski definition) is 1. The first-order chi connectivity index (χ1) is 11.3. The van der Waals surface area contributed by atoms with E-state index in [0.717, 1.165) is 0 Å². The maximum Gasteiger partial charge on any atom is 0.317 e. The zero-order valence-corrected chi connectivity index (χ0v) is 14.6. The van der Waals surface area contributed by atoms with Crippen LogP contribution in [0, 0.1) is 12.8 Å². The molecule has 0 amide bonds. The molecule has 0 unspecified atom stereocenters. The molecule has 134 valence electrons. The second-order valence-corrected chi connectivity index (χ2v) is 8.33. The van der Waals surface area contributed by atoms with Crippen molar-refractivity contribution < 1.29 is 23.1 Å². The molecule has 2 saturated heterocycles. The van der Waals surface area contributed by atoms with Crippen molar-refractivity contribution in [3.05, 3.63) is 11.9 Å². The molecule has 2 aliphatic heterocycles. The van der Waals surface area contributed by atoms with Gasteiger partial charge in [0, 0.05) is 38.8 Å². The number of rotatable bonds is 4. The van der Waals surface area contributed by atoms with Crippen LogP contribution in [0.5, 0.6) is 0 Å². The van der Waals surface area contributed by atoms with E-state index in [1.165, 1.54) is 15.2 Å². The van der Waals surface area contributed by atoms with Gasteiger partial charge >= 0.3 is 5.97 Å². The van der Waals surface area contributed by atoms with Crippen LogP contribution in [0.15, 0.2) is 11.1 Å². The Morgan fingerprint density at radius 1 is 1.38 bits per heavy atom. The standard InChI is InChI=1S/C14H22N4O5S/c1-10-13(6-16(2)15-10)24(21,22)18-4-11-3-17(7-14(19)20)5-12(18)9-23-8-11/h6,11-12H,3-5,7-9H2,1-2H3,(H,19,20)/t11-,12-/m0/s1. The van der Waals surface area contributed by atoms with Gasteiger partial charge in [0.1, 0.15) is 4.90 Å². The van der Waals surface area contributed by atoms with Gasteiger partial charge in [0.25, 0.3) is 0 Å². The summed E-state index contributed by atoms with van der Waals surface area (Å²) < 4.78 is 34.8. The highest BCUT2D eigenvalue weighted by atomic mass is 32.2. The number of aromatic nitrogens is 2. The summed E-state index contributed by atoms with van der Waals surface area (Å²) in [4.78, 5) is 13.0. The molecule has 3 rings (SSSR count). The van der Waals surface area contributed by atoms with Gasteiger partial charge in [-0.1, -0.05) is 0 Å². The van der Waals surface area contributed by atoms with Gasteiger partial charge in [0.15, 0.2) is 0 Å². The molecule has 0 aliphatic carbocycles. The highest BCUT2D eigenvalue weighted by Crippen LogP contribution is 2.27. The van der Waals surface area contributed by atoms with Crippen molar-refractivity contribution in [1.82, 2.24) is 19.0 Å². The number of aliphatic carboxylic acids is 1. The Labute approximate surface area is 140 Å². The molecule has 0 radical (unpaired) electrons. The van der Waals surface area contributed by atoms with Crippen LogP contribution in [0.1, 0.15) is 5.69 Å². The maximum atomic E-state index is 13.1. The molecule has 0 saturated carbocycles. The maximum absolute atomic E-state index is 13.1. The van der Waals surface area contributed by atoms with Crippen LogP contribution in [-0.4, -0.2) is 83.9 Å². The zero-order valence-electron chi connectivity index (χ0n) is 13.8. The van der Waals surface area contributed by atoms with Crippen molar-refractivity contribution in [2.45, 2.75) is 17.9 Å². The van der Waals surface area contributed by atoms with Gasteiger partial charge in [-0.15, -0.1) is 0 Å². The molecule has 2 bridgehead atoms. The topological polar surface area (TPSA) is 105 Å². The van der Waals surface area contributed by atoms with Crippen LogP contribution < -0.4 is 0 Å². The van der Waals surface area contributed by atoms with Gasteiger partial charge in [-0.25, -0.2) is 8.42 Å². The molecule has 2 atom stereocenters. The molecule has 1 N–H and O–H groups in total. The predicted octanol–water partition coefficient (Wildman–Crippen LogP) is -0.866. The fraction of sp³-hybridized carbons (Fsp3) is 0.714. The number of nitrogens with zero attached hydrogens (tertiary/aromatic N) is 4.